The van der Waals surface area contributed by atoms with E-state index >= 15 is 0 Å². The molecule has 0 aliphatic carbocycles. The monoisotopic (exact) mass is 317 g/mol. The number of nitrogens with zero attached hydrogens (tertiary/aromatic N) is 2. The highest BCUT2D eigenvalue weighted by Gasteiger charge is 2.22. The van der Waals surface area contributed by atoms with Gasteiger partial charge >= 0.3 is 0 Å². The van der Waals surface area contributed by atoms with Crippen molar-refractivity contribution in [1.29, 1.82) is 0 Å². The van der Waals surface area contributed by atoms with Gasteiger partial charge in [0, 0.05) is 5.41 Å². The third-order valence-electron chi connectivity index (χ3n) is 2.88. The normalized spacial score (nSPS) is 11.6. The first-order valence-corrected chi connectivity index (χ1v) is 7.67. The average molecular weight is 317 g/mol. The Hall–Kier alpha value is -2.21. The molecule has 0 saturated carbocycles. The van der Waals surface area contributed by atoms with Crippen LogP contribution in [0.25, 0.3) is 12.2 Å². The van der Waals surface area contributed by atoms with Gasteiger partial charge in [-0.2, -0.15) is 0 Å². The van der Waals surface area contributed by atoms with Gasteiger partial charge in [0.25, 0.3) is 0 Å². The Morgan fingerprint density at radius 2 is 1.86 bits per heavy atom. The second-order valence-electron chi connectivity index (χ2n) is 5.76. The average Bonchev–Trinajstić information content (AvgIpc) is 2.92. The fraction of sp³-hybridized carbons (Fsp3) is 0.312. The van der Waals surface area contributed by atoms with E-state index in [1.807, 2.05) is 57.2 Å². The molecule has 0 saturated heterocycles. The van der Waals surface area contributed by atoms with Crippen LogP contribution in [0.15, 0.2) is 24.3 Å². The number of hydrogen-bond acceptors (Lipinski definition) is 5. The van der Waals surface area contributed by atoms with Gasteiger partial charge < -0.3 is 10.1 Å². The Morgan fingerprint density at radius 1 is 1.18 bits per heavy atom. The number of benzene rings is 1. The van der Waals surface area contributed by atoms with Gasteiger partial charge in [-0.05, 0) is 23.8 Å². The lowest BCUT2D eigenvalue weighted by Gasteiger charge is -2.15. The summed E-state index contributed by atoms with van der Waals surface area (Å²) in [5.74, 6) is 0.745. The number of amides is 1. The van der Waals surface area contributed by atoms with Gasteiger partial charge in [-0.15, -0.1) is 10.2 Å². The van der Waals surface area contributed by atoms with Crippen LogP contribution in [-0.4, -0.2) is 23.2 Å². The minimum Gasteiger partial charge on any atom is -0.497 e. The molecule has 1 amide bonds. The van der Waals surface area contributed by atoms with Crippen LogP contribution in [0.3, 0.4) is 0 Å². The molecule has 1 aromatic carbocycles. The van der Waals surface area contributed by atoms with Crippen molar-refractivity contribution in [2.75, 3.05) is 12.4 Å². The maximum Gasteiger partial charge on any atom is 0.231 e. The van der Waals surface area contributed by atoms with E-state index in [0.29, 0.717) is 5.13 Å². The van der Waals surface area contributed by atoms with Gasteiger partial charge in [-0.3, -0.25) is 4.79 Å². The standard InChI is InChI=1S/C16H19N3O2S/c1-16(2,3)14(20)17-15-19-18-13(22-15)10-7-11-5-8-12(21-4)9-6-11/h5-10H,1-4H3,(H,17,19,20). The van der Waals surface area contributed by atoms with Crippen LogP contribution in [0.5, 0.6) is 5.75 Å². The zero-order valence-corrected chi connectivity index (χ0v) is 13.9. The predicted molar refractivity (Wildman–Crippen MR) is 89.9 cm³/mol. The van der Waals surface area contributed by atoms with Gasteiger partial charge in [0.15, 0.2) is 0 Å². The number of hydrogen-bond donors (Lipinski definition) is 1. The van der Waals surface area contributed by atoms with E-state index in [9.17, 15) is 4.79 Å². The summed E-state index contributed by atoms with van der Waals surface area (Å²) in [6, 6.07) is 7.71. The Balaban J connectivity index is 2.02. The van der Waals surface area contributed by atoms with Gasteiger partial charge in [0.1, 0.15) is 10.8 Å². The minimum absolute atomic E-state index is 0.0747. The molecule has 116 valence electrons. The third kappa shape index (κ3) is 4.39. The molecule has 0 fully saturated rings. The SMILES string of the molecule is COc1ccc(C=Cc2nnc(NC(=O)C(C)(C)C)s2)cc1. The van der Waals surface area contributed by atoms with Crippen molar-refractivity contribution < 1.29 is 9.53 Å². The highest BCUT2D eigenvalue weighted by molar-refractivity contribution is 7.16. The largest absolute Gasteiger partial charge is 0.497 e. The first-order chi connectivity index (χ1) is 10.4. The first-order valence-electron chi connectivity index (χ1n) is 6.85. The van der Waals surface area contributed by atoms with Crippen molar-refractivity contribution in [2.45, 2.75) is 20.8 Å². The molecule has 1 aromatic heterocycles. The van der Waals surface area contributed by atoms with E-state index < -0.39 is 5.41 Å². The molecule has 0 unspecified atom stereocenters. The highest BCUT2D eigenvalue weighted by atomic mass is 32.1. The Kier molecular flexibility index (Phi) is 4.92. The lowest BCUT2D eigenvalue weighted by atomic mass is 9.96. The van der Waals surface area contributed by atoms with Crippen LogP contribution in [0, 0.1) is 5.41 Å². The molecule has 2 rings (SSSR count). The van der Waals surface area contributed by atoms with E-state index in [4.69, 9.17) is 4.74 Å². The molecule has 22 heavy (non-hydrogen) atoms. The zero-order valence-electron chi connectivity index (χ0n) is 13.1. The predicted octanol–water partition coefficient (Wildman–Crippen LogP) is 3.70. The quantitative estimate of drug-likeness (QED) is 0.934. The van der Waals surface area contributed by atoms with Crippen LogP contribution >= 0.6 is 11.3 Å². The zero-order chi connectivity index (χ0) is 16.2. The number of aromatic nitrogens is 2. The van der Waals surface area contributed by atoms with Crippen LogP contribution in [0.2, 0.25) is 0 Å². The molecule has 1 heterocycles. The third-order valence-corrected chi connectivity index (χ3v) is 3.68. The lowest BCUT2D eigenvalue weighted by molar-refractivity contribution is -0.123. The molecule has 0 aliphatic heterocycles. The summed E-state index contributed by atoms with van der Waals surface area (Å²) in [4.78, 5) is 11.9. The molecule has 6 heteroatoms. The van der Waals surface area contributed by atoms with Crippen molar-refractivity contribution in [1.82, 2.24) is 10.2 Å². The highest BCUT2D eigenvalue weighted by Crippen LogP contribution is 2.22. The summed E-state index contributed by atoms with van der Waals surface area (Å²) in [7, 11) is 1.64. The maximum absolute atomic E-state index is 11.9. The molecule has 0 radical (unpaired) electrons. The van der Waals surface area contributed by atoms with Crippen molar-refractivity contribution in [3.8, 4) is 5.75 Å². The van der Waals surface area contributed by atoms with Crippen LogP contribution in [-0.2, 0) is 4.79 Å². The number of ether oxygens (including phenoxy) is 1. The Bertz CT molecular complexity index is 669. The van der Waals surface area contributed by atoms with Crippen LogP contribution < -0.4 is 10.1 Å². The summed E-state index contributed by atoms with van der Waals surface area (Å²) < 4.78 is 5.12. The van der Waals surface area contributed by atoms with E-state index in [1.165, 1.54) is 11.3 Å². The van der Waals surface area contributed by atoms with Gasteiger partial charge in [-0.25, -0.2) is 0 Å². The van der Waals surface area contributed by atoms with Gasteiger partial charge in [0.05, 0.1) is 7.11 Å². The van der Waals surface area contributed by atoms with Crippen molar-refractivity contribution in [3.05, 3.63) is 34.8 Å². The summed E-state index contributed by atoms with van der Waals surface area (Å²) in [5, 5.41) is 12.0. The summed E-state index contributed by atoms with van der Waals surface area (Å²) in [6.45, 7) is 5.57. The minimum atomic E-state index is -0.454. The van der Waals surface area contributed by atoms with Gasteiger partial charge in [-0.1, -0.05) is 50.3 Å². The number of methoxy groups -OCH3 is 1. The van der Waals surface area contributed by atoms with Crippen molar-refractivity contribution >= 4 is 34.5 Å². The fourth-order valence-electron chi connectivity index (χ4n) is 1.52. The van der Waals surface area contributed by atoms with Crippen molar-refractivity contribution in [2.24, 2.45) is 5.41 Å². The number of carbonyl (C=O) groups is 1. The Labute approximate surface area is 134 Å². The molecule has 2 aromatic rings. The number of anilines is 1. The smallest absolute Gasteiger partial charge is 0.231 e. The number of carbonyl (C=O) groups excluding carboxylic acids is 1. The molecular formula is C16H19N3O2S. The Morgan fingerprint density at radius 3 is 2.45 bits per heavy atom. The molecule has 1 N–H and O–H groups in total. The summed E-state index contributed by atoms with van der Waals surface area (Å²) >= 11 is 1.34. The summed E-state index contributed by atoms with van der Waals surface area (Å²) in [6.07, 6.45) is 3.81. The fourth-order valence-corrected chi connectivity index (χ4v) is 2.16. The second kappa shape index (κ2) is 6.70. The number of nitrogens with one attached hydrogen (secondary N) is 1. The maximum atomic E-state index is 11.9. The molecule has 5 nitrogen and oxygen atoms in total. The molecular weight excluding hydrogens is 298 g/mol. The van der Waals surface area contributed by atoms with E-state index in [1.54, 1.807) is 7.11 Å². The van der Waals surface area contributed by atoms with Gasteiger partial charge in [0.2, 0.25) is 11.0 Å². The second-order valence-corrected chi connectivity index (χ2v) is 6.77. The summed E-state index contributed by atoms with van der Waals surface area (Å²) in [5.41, 5.74) is 0.585. The van der Waals surface area contributed by atoms with Crippen molar-refractivity contribution in [3.63, 3.8) is 0 Å². The molecule has 0 spiro atoms. The lowest BCUT2D eigenvalue weighted by Crippen LogP contribution is -2.27. The van der Waals surface area contributed by atoms with E-state index in [2.05, 4.69) is 15.5 Å². The topological polar surface area (TPSA) is 64.1 Å². The van der Waals surface area contributed by atoms with Crippen LogP contribution in [0.4, 0.5) is 5.13 Å². The van der Waals surface area contributed by atoms with E-state index in [0.717, 1.165) is 16.3 Å². The first kappa shape index (κ1) is 16.2. The molecule has 0 aliphatic rings. The molecule has 0 bridgehead atoms. The van der Waals surface area contributed by atoms with Crippen LogP contribution in [0.1, 0.15) is 31.3 Å². The molecule has 0 atom stereocenters. The number of rotatable bonds is 4. The van der Waals surface area contributed by atoms with E-state index in [-0.39, 0.29) is 5.91 Å².